The second kappa shape index (κ2) is 27.3. The van der Waals surface area contributed by atoms with Gasteiger partial charge in [-0.05, 0) is 105 Å². The fourth-order valence-electron chi connectivity index (χ4n) is 11.0. The van der Waals surface area contributed by atoms with Crippen molar-refractivity contribution in [3.63, 3.8) is 0 Å². The molecule has 0 spiro atoms. The highest BCUT2D eigenvalue weighted by atomic mass is 32.1. The van der Waals surface area contributed by atoms with Crippen molar-refractivity contribution in [1.82, 2.24) is 41.3 Å². The van der Waals surface area contributed by atoms with E-state index in [9.17, 15) is 66.3 Å². The van der Waals surface area contributed by atoms with Crippen molar-refractivity contribution in [3.05, 3.63) is 105 Å². The molecular formula is C58H68F2N9O12PS. The summed E-state index contributed by atoms with van der Waals surface area (Å²) in [5.41, 5.74) is 2.64. The standard InChI is InChI=1S/C58H68F2N9O12PS/c1-67-30-28-39-21-23-45(69(39)57(78)43(34-67)64-54(75)47-32-37-31-38(20-25-46(37)83-47)58(59,60)82(79,80)81)53(74)63-42(22-26-48(61)70)51(72)66-50(36-16-11-9-12-17-36)55(76)62-29-13-8-6-4-2-3-5-7-10-15-35-18-14-19-40-41(35)33-68(56(40)77)44-24-27-49(71)65-52(44)73/h9,11-12,14,16-20,25,31-32,39,42-45,50H,2-8,13,21-24,26-30,33-34H2,1H3,(H2,61,70)(H,62,76)(H,63,74)(H,64,75)(H,66,72)(H,65,71,73)(H2,79,80,81)/t39-,42+,43+,44?,45+,50+/m1/s1. The highest BCUT2D eigenvalue weighted by molar-refractivity contribution is 7.52. The number of carbonyl (C=O) groups excluding carboxylic acids is 9. The summed E-state index contributed by atoms with van der Waals surface area (Å²) in [7, 11) is -4.09. The lowest BCUT2D eigenvalue weighted by molar-refractivity contribution is -0.144. The van der Waals surface area contributed by atoms with Crippen LogP contribution in [-0.4, -0.2) is 135 Å². The molecule has 4 aliphatic heterocycles. The Bertz CT molecular complexity index is 3260. The van der Waals surface area contributed by atoms with Crippen LogP contribution in [0.1, 0.15) is 145 Å². The summed E-state index contributed by atoms with van der Waals surface area (Å²) < 4.78 is 41.0. The summed E-state index contributed by atoms with van der Waals surface area (Å²) in [5, 5.41) is 13.6. The molecule has 3 fully saturated rings. The van der Waals surface area contributed by atoms with Crippen molar-refractivity contribution < 1.29 is 66.3 Å². The van der Waals surface area contributed by atoms with E-state index in [4.69, 9.17) is 5.73 Å². The van der Waals surface area contributed by atoms with Gasteiger partial charge < -0.3 is 51.5 Å². The number of rotatable bonds is 23. The fraction of sp³-hybridized carbons (Fsp3) is 0.466. The SMILES string of the molecule is CN1CC[C@H]2CC[C@@H](C(=O)N[C@@H](CCC(N)=O)C(=O)N[C@H](C(=O)NCCCCCCCCCC#Cc3cccc4c3CN(C3CCC(=O)NC3=O)C4=O)c3ccccc3)N2C(=O)[C@@H](NC(=O)c2cc3cc(C(F)(F)P(=O)(O)O)ccc3s2)C1. The van der Waals surface area contributed by atoms with Gasteiger partial charge in [0, 0.05) is 66.3 Å². The molecule has 9 N–H and O–H groups in total. The number of nitrogens with zero attached hydrogens (tertiary/aromatic N) is 3. The third kappa shape index (κ3) is 15.0. The van der Waals surface area contributed by atoms with E-state index >= 15 is 0 Å². The third-order valence-electron chi connectivity index (χ3n) is 15.5. The van der Waals surface area contributed by atoms with Gasteiger partial charge in [-0.2, -0.15) is 8.78 Å². The molecule has 5 heterocycles. The number of likely N-dealkylation sites (N-methyl/N-ethyl adjacent to an activating group) is 1. The van der Waals surface area contributed by atoms with Gasteiger partial charge in [-0.25, -0.2) is 0 Å². The van der Waals surface area contributed by atoms with Crippen LogP contribution in [0, 0.1) is 11.8 Å². The maximum Gasteiger partial charge on any atom is 0.399 e. The number of fused-ring (bicyclic) bond motifs is 3. The molecular weight excluding hydrogens is 1120 g/mol. The van der Waals surface area contributed by atoms with Crippen molar-refractivity contribution >= 4 is 82.2 Å². The lowest BCUT2D eigenvalue weighted by Crippen LogP contribution is -2.61. The first-order valence-electron chi connectivity index (χ1n) is 27.9. The predicted octanol–water partition coefficient (Wildman–Crippen LogP) is 4.58. The Morgan fingerprint density at radius 3 is 2.34 bits per heavy atom. The molecule has 83 heavy (non-hydrogen) atoms. The average molecular weight is 1180 g/mol. The zero-order valence-corrected chi connectivity index (χ0v) is 47.5. The van der Waals surface area contributed by atoms with Gasteiger partial charge in [-0.3, -0.25) is 53.0 Å². The second-order valence-corrected chi connectivity index (χ2v) is 24.2. The number of nitrogens with two attached hydrogens (primary N) is 1. The number of primary amides is 1. The first kappa shape index (κ1) is 61.6. The van der Waals surface area contributed by atoms with Crippen molar-refractivity contribution in [2.75, 3.05) is 26.7 Å². The van der Waals surface area contributed by atoms with E-state index in [0.717, 1.165) is 73.1 Å². The van der Waals surface area contributed by atoms with Gasteiger partial charge in [0.15, 0.2) is 0 Å². The minimum atomic E-state index is -5.86. The molecule has 6 atom stereocenters. The van der Waals surface area contributed by atoms with Gasteiger partial charge in [0.2, 0.25) is 41.4 Å². The summed E-state index contributed by atoms with van der Waals surface area (Å²) >= 11 is 0.923. The van der Waals surface area contributed by atoms with Crippen LogP contribution >= 0.6 is 18.9 Å². The number of amides is 9. The molecule has 21 nitrogen and oxygen atoms in total. The first-order valence-corrected chi connectivity index (χ1v) is 30.3. The number of piperidine rings is 1. The smallest absolute Gasteiger partial charge is 0.370 e. The van der Waals surface area contributed by atoms with E-state index < -0.39 is 96.4 Å². The zero-order chi connectivity index (χ0) is 59.6. The fourth-order valence-corrected chi connectivity index (χ4v) is 12.5. The number of thiophene rings is 1. The molecule has 0 aliphatic carbocycles. The third-order valence-corrected chi connectivity index (χ3v) is 17.6. The largest absolute Gasteiger partial charge is 0.399 e. The van der Waals surface area contributed by atoms with E-state index in [0.29, 0.717) is 54.6 Å². The van der Waals surface area contributed by atoms with Gasteiger partial charge in [-0.1, -0.05) is 86.4 Å². The first-order chi connectivity index (χ1) is 39.6. The number of hydrogen-bond acceptors (Lipinski definition) is 12. The number of carbonyl (C=O) groups is 9. The molecule has 0 bridgehead atoms. The second-order valence-electron chi connectivity index (χ2n) is 21.5. The number of unbranched alkanes of at least 4 members (excludes halogenated alkanes) is 7. The van der Waals surface area contributed by atoms with E-state index in [2.05, 4.69) is 38.4 Å². The molecule has 8 rings (SSSR count). The van der Waals surface area contributed by atoms with Gasteiger partial charge in [0.05, 0.1) is 4.88 Å². The molecule has 4 aromatic rings. The van der Waals surface area contributed by atoms with Gasteiger partial charge in [-0.15, -0.1) is 11.3 Å². The Morgan fingerprint density at radius 2 is 1.61 bits per heavy atom. The number of benzene rings is 3. The van der Waals surface area contributed by atoms with Crippen LogP contribution in [0.3, 0.4) is 0 Å². The Morgan fingerprint density at radius 1 is 0.880 bits per heavy atom. The number of hydrogen-bond donors (Lipinski definition) is 8. The van der Waals surface area contributed by atoms with Crippen LogP contribution < -0.4 is 32.3 Å². The quantitative estimate of drug-likeness (QED) is 0.0219. The van der Waals surface area contributed by atoms with Crippen LogP contribution in [-0.2, 0) is 50.3 Å². The number of alkyl halides is 2. The van der Waals surface area contributed by atoms with Crippen LogP contribution in [0.4, 0.5) is 8.78 Å². The number of halogens is 2. The topological polar surface area (TPSA) is 307 Å². The molecule has 25 heteroatoms. The summed E-state index contributed by atoms with van der Waals surface area (Å²) in [4.78, 5) is 143. The Kier molecular flexibility index (Phi) is 20.3. The Balaban J connectivity index is 0.814. The molecule has 1 unspecified atom stereocenters. The van der Waals surface area contributed by atoms with Crippen molar-refractivity contribution in [2.24, 2.45) is 5.73 Å². The monoisotopic (exact) mass is 1180 g/mol. The maximum atomic E-state index is 14.5. The van der Waals surface area contributed by atoms with Crippen molar-refractivity contribution in [1.29, 1.82) is 0 Å². The number of imide groups is 1. The van der Waals surface area contributed by atoms with Crippen LogP contribution in [0.5, 0.6) is 0 Å². The van der Waals surface area contributed by atoms with E-state index in [1.165, 1.54) is 21.9 Å². The van der Waals surface area contributed by atoms with Crippen molar-refractivity contribution in [3.8, 4) is 11.8 Å². The Hall–Kier alpha value is -7.42. The molecule has 1 aromatic heterocycles. The highest BCUT2D eigenvalue weighted by Crippen LogP contribution is 2.59. The highest BCUT2D eigenvalue weighted by Gasteiger charge is 2.51. The molecule has 9 amide bonds. The zero-order valence-electron chi connectivity index (χ0n) is 45.8. The normalized spacial score (nSPS) is 20.0. The molecule has 3 aromatic carbocycles. The molecule has 442 valence electrons. The van der Waals surface area contributed by atoms with E-state index in [1.807, 2.05) is 11.0 Å². The minimum absolute atomic E-state index is 0.0330. The van der Waals surface area contributed by atoms with Crippen LogP contribution in [0.2, 0.25) is 0 Å². The maximum absolute atomic E-state index is 14.5. The molecule has 0 saturated carbocycles. The summed E-state index contributed by atoms with van der Waals surface area (Å²) in [6, 6.07) is 12.2. The van der Waals surface area contributed by atoms with Crippen LogP contribution in [0.15, 0.2) is 72.8 Å². The number of nitrogens with one attached hydrogen (secondary N) is 5. The van der Waals surface area contributed by atoms with Crippen LogP contribution in [0.25, 0.3) is 10.1 Å². The van der Waals surface area contributed by atoms with Gasteiger partial charge >= 0.3 is 13.3 Å². The molecule has 4 aliphatic rings. The minimum Gasteiger partial charge on any atom is -0.370 e. The predicted molar refractivity (Wildman–Crippen MR) is 302 cm³/mol. The Labute approximate surface area is 482 Å². The summed E-state index contributed by atoms with van der Waals surface area (Å²) in [6.45, 7) is 1.12. The summed E-state index contributed by atoms with van der Waals surface area (Å²) in [5.74, 6) is 1.42. The lowest BCUT2D eigenvalue weighted by atomic mass is 10.0. The van der Waals surface area contributed by atoms with Gasteiger partial charge in [0.25, 0.3) is 11.8 Å². The molecule has 0 radical (unpaired) electrons. The van der Waals surface area contributed by atoms with E-state index in [-0.39, 0.29) is 67.3 Å². The molecule has 3 saturated heterocycles. The summed E-state index contributed by atoms with van der Waals surface area (Å²) in [6.07, 6.45) is 8.02. The van der Waals surface area contributed by atoms with E-state index in [1.54, 1.807) is 49.5 Å². The lowest BCUT2D eigenvalue weighted by Gasteiger charge is -2.38. The average Bonchev–Trinajstić information content (AvgIpc) is 3.46. The van der Waals surface area contributed by atoms with Gasteiger partial charge in [0.1, 0.15) is 30.2 Å². The van der Waals surface area contributed by atoms with Crippen molar-refractivity contribution in [2.45, 2.75) is 145 Å².